The summed E-state index contributed by atoms with van der Waals surface area (Å²) >= 11 is 6.09. The summed E-state index contributed by atoms with van der Waals surface area (Å²) in [6, 6.07) is 10.1. The van der Waals surface area contributed by atoms with E-state index in [1.54, 1.807) is 7.05 Å². The third kappa shape index (κ3) is 4.60. The van der Waals surface area contributed by atoms with Crippen LogP contribution in [0.2, 0.25) is 0 Å². The third-order valence-corrected chi connectivity index (χ3v) is 5.71. The average Bonchev–Trinajstić information content (AvgIpc) is 3.13. The Bertz CT molecular complexity index is 1150. The van der Waals surface area contributed by atoms with Crippen molar-refractivity contribution in [2.24, 2.45) is 12.8 Å². The second-order valence-corrected chi connectivity index (χ2v) is 8.57. The number of hydrogen-bond donors (Lipinski definition) is 2. The van der Waals surface area contributed by atoms with Crippen LogP contribution >= 0.6 is 11.6 Å². The van der Waals surface area contributed by atoms with Crippen LogP contribution in [-0.2, 0) is 20.1 Å². The predicted octanol–water partition coefficient (Wildman–Crippen LogP) is 2.81. The summed E-state index contributed by atoms with van der Waals surface area (Å²) in [6.07, 6.45) is 3.85. The van der Waals surface area contributed by atoms with Crippen LogP contribution in [-0.4, -0.2) is 38.2 Å². The Balaban J connectivity index is 1.76. The Morgan fingerprint density at radius 1 is 1.32 bits per heavy atom. The van der Waals surface area contributed by atoms with Gasteiger partial charge in [-0.25, -0.2) is 0 Å². The van der Waals surface area contributed by atoms with E-state index in [0.717, 1.165) is 24.9 Å². The van der Waals surface area contributed by atoms with Crippen molar-refractivity contribution in [2.45, 2.75) is 38.9 Å². The maximum absolute atomic E-state index is 13.3. The lowest BCUT2D eigenvalue weighted by Gasteiger charge is -2.31. The van der Waals surface area contributed by atoms with Crippen LogP contribution in [0.1, 0.15) is 25.3 Å². The van der Waals surface area contributed by atoms with E-state index in [9.17, 15) is 4.79 Å². The van der Waals surface area contributed by atoms with Crippen molar-refractivity contribution in [3.8, 4) is 0 Å². The second kappa shape index (κ2) is 9.11. The maximum atomic E-state index is 13.3. The first-order valence-corrected chi connectivity index (χ1v) is 10.9. The van der Waals surface area contributed by atoms with Crippen molar-refractivity contribution in [3.05, 3.63) is 57.4 Å². The third-order valence-electron chi connectivity index (χ3n) is 5.56. The van der Waals surface area contributed by atoms with Crippen molar-refractivity contribution in [1.29, 1.82) is 0 Å². The summed E-state index contributed by atoms with van der Waals surface area (Å²) in [5.41, 5.74) is 8.04. The van der Waals surface area contributed by atoms with E-state index in [1.165, 1.54) is 4.57 Å². The summed E-state index contributed by atoms with van der Waals surface area (Å²) < 4.78 is 3.43. The van der Waals surface area contributed by atoms with Crippen LogP contribution in [0, 0.1) is 0 Å². The predicted molar refractivity (Wildman–Crippen MR) is 126 cm³/mol. The van der Waals surface area contributed by atoms with Crippen molar-refractivity contribution in [3.63, 3.8) is 0 Å². The van der Waals surface area contributed by atoms with E-state index in [2.05, 4.69) is 15.2 Å². The zero-order valence-electron chi connectivity index (χ0n) is 17.9. The number of allylic oxidation sites excluding steroid dienone is 2. The minimum Gasteiger partial charge on any atom is -0.351 e. The van der Waals surface area contributed by atoms with Crippen molar-refractivity contribution in [2.75, 3.05) is 23.3 Å². The molecule has 9 heteroatoms. The van der Waals surface area contributed by atoms with Crippen LogP contribution in [0.25, 0.3) is 11.2 Å². The van der Waals surface area contributed by atoms with Crippen LogP contribution in [0.3, 0.4) is 0 Å². The molecule has 1 fully saturated rings. The maximum Gasteiger partial charge on any atom is 0.281 e. The SMILES string of the molecule is C/C(Cl)=C/Cn1c(N2CCCC(N)C2)nc2nc(NCc3ccccc3)n(C)c(=O)c21. The summed E-state index contributed by atoms with van der Waals surface area (Å²) in [6.45, 7) is 4.38. The number of rotatable bonds is 6. The molecule has 3 heterocycles. The fraction of sp³-hybridized carbons (Fsp3) is 0.409. The Hall–Kier alpha value is -2.84. The molecule has 2 aromatic heterocycles. The van der Waals surface area contributed by atoms with E-state index in [4.69, 9.17) is 22.3 Å². The quantitative estimate of drug-likeness (QED) is 0.610. The monoisotopic (exact) mass is 441 g/mol. The molecule has 3 N–H and O–H groups in total. The van der Waals surface area contributed by atoms with E-state index >= 15 is 0 Å². The first kappa shape index (κ1) is 21.4. The fourth-order valence-corrected chi connectivity index (χ4v) is 3.98. The van der Waals surface area contributed by atoms with Gasteiger partial charge in [-0.05, 0) is 25.3 Å². The number of aromatic nitrogens is 4. The van der Waals surface area contributed by atoms with E-state index in [-0.39, 0.29) is 11.6 Å². The summed E-state index contributed by atoms with van der Waals surface area (Å²) in [5, 5.41) is 3.92. The highest BCUT2D eigenvalue weighted by Crippen LogP contribution is 2.24. The van der Waals surface area contributed by atoms with Crippen LogP contribution in [0.4, 0.5) is 11.9 Å². The standard InChI is InChI=1S/C22H28ClN7O/c1-15(23)10-12-30-18-19(27-22(30)29-11-6-9-17(24)14-29)26-21(28(2)20(18)31)25-13-16-7-4-3-5-8-16/h3-5,7-8,10,17H,6,9,11-14,24H2,1-2H3,(H,25,26)/b15-10-. The molecule has 1 atom stereocenters. The number of nitrogens with zero attached hydrogens (tertiary/aromatic N) is 5. The lowest BCUT2D eigenvalue weighted by molar-refractivity contribution is 0.495. The topological polar surface area (TPSA) is 94.0 Å². The number of imidazole rings is 1. The first-order valence-electron chi connectivity index (χ1n) is 10.5. The van der Waals surface area contributed by atoms with Crippen LogP contribution in [0.5, 0.6) is 0 Å². The van der Waals surface area contributed by atoms with Gasteiger partial charge in [0, 0.05) is 44.3 Å². The molecule has 0 aliphatic carbocycles. The smallest absolute Gasteiger partial charge is 0.281 e. The van der Waals surface area contributed by atoms with Gasteiger partial charge in [-0.3, -0.25) is 9.36 Å². The number of nitrogens with one attached hydrogen (secondary N) is 1. The second-order valence-electron chi connectivity index (χ2n) is 7.97. The van der Waals surface area contributed by atoms with Gasteiger partial charge in [-0.2, -0.15) is 9.97 Å². The molecule has 0 amide bonds. The van der Waals surface area contributed by atoms with Gasteiger partial charge in [-0.15, -0.1) is 0 Å². The fourth-order valence-electron chi connectivity index (χ4n) is 3.91. The Morgan fingerprint density at radius 2 is 2.10 bits per heavy atom. The zero-order valence-corrected chi connectivity index (χ0v) is 18.6. The Labute approximate surface area is 186 Å². The molecule has 0 spiro atoms. The number of fused-ring (bicyclic) bond motifs is 1. The molecular formula is C22H28ClN7O. The molecule has 1 aliphatic rings. The first-order chi connectivity index (χ1) is 14.9. The highest BCUT2D eigenvalue weighted by molar-refractivity contribution is 6.29. The molecule has 1 aliphatic heterocycles. The van der Waals surface area contributed by atoms with E-state index in [1.807, 2.05) is 47.9 Å². The molecule has 4 rings (SSSR count). The molecule has 1 aromatic carbocycles. The largest absolute Gasteiger partial charge is 0.351 e. The Kier molecular flexibility index (Phi) is 6.29. The number of piperidine rings is 1. The van der Waals surface area contributed by atoms with E-state index < -0.39 is 0 Å². The lowest BCUT2D eigenvalue weighted by atomic mass is 10.1. The van der Waals surface area contributed by atoms with Gasteiger partial charge in [0.2, 0.25) is 11.9 Å². The molecule has 1 saturated heterocycles. The average molecular weight is 442 g/mol. The molecule has 8 nitrogen and oxygen atoms in total. The highest BCUT2D eigenvalue weighted by Gasteiger charge is 2.25. The van der Waals surface area contributed by atoms with Gasteiger partial charge in [0.15, 0.2) is 11.2 Å². The van der Waals surface area contributed by atoms with Gasteiger partial charge in [0.05, 0.1) is 0 Å². The van der Waals surface area contributed by atoms with Gasteiger partial charge >= 0.3 is 0 Å². The zero-order chi connectivity index (χ0) is 22.0. The van der Waals surface area contributed by atoms with Crippen LogP contribution < -0.4 is 21.5 Å². The minimum atomic E-state index is -0.152. The molecule has 1 unspecified atom stereocenters. The molecule has 164 valence electrons. The molecule has 0 saturated carbocycles. The van der Waals surface area contributed by atoms with Gasteiger partial charge in [0.1, 0.15) is 0 Å². The van der Waals surface area contributed by atoms with Crippen molar-refractivity contribution >= 4 is 34.7 Å². The van der Waals surface area contributed by atoms with Crippen LogP contribution in [0.15, 0.2) is 46.2 Å². The number of benzene rings is 1. The van der Waals surface area contributed by atoms with Gasteiger partial charge < -0.3 is 20.5 Å². The Morgan fingerprint density at radius 3 is 2.81 bits per heavy atom. The van der Waals surface area contributed by atoms with Gasteiger partial charge in [-0.1, -0.05) is 48.0 Å². The molecular weight excluding hydrogens is 414 g/mol. The highest BCUT2D eigenvalue weighted by atomic mass is 35.5. The minimum absolute atomic E-state index is 0.0891. The summed E-state index contributed by atoms with van der Waals surface area (Å²) in [5.74, 6) is 1.20. The van der Waals surface area contributed by atoms with E-state index in [0.29, 0.717) is 47.7 Å². The molecule has 0 radical (unpaired) electrons. The normalized spacial score (nSPS) is 17.4. The number of nitrogens with two attached hydrogens (primary N) is 1. The van der Waals surface area contributed by atoms with Gasteiger partial charge in [0.25, 0.3) is 5.56 Å². The number of halogens is 1. The van der Waals surface area contributed by atoms with Crippen molar-refractivity contribution in [1.82, 2.24) is 19.1 Å². The molecule has 0 bridgehead atoms. The molecule has 3 aromatic rings. The lowest BCUT2D eigenvalue weighted by Crippen LogP contribution is -2.44. The summed E-state index contributed by atoms with van der Waals surface area (Å²) in [4.78, 5) is 24.9. The number of hydrogen-bond acceptors (Lipinski definition) is 6. The van der Waals surface area contributed by atoms with Crippen molar-refractivity contribution < 1.29 is 0 Å². The number of anilines is 2. The molecule has 31 heavy (non-hydrogen) atoms. The summed E-state index contributed by atoms with van der Waals surface area (Å²) in [7, 11) is 1.72.